The lowest BCUT2D eigenvalue weighted by Crippen LogP contribution is -2.43. The molecule has 1 heterocycles. The molecule has 0 unspecified atom stereocenters. The molecule has 1 amide bonds. The Labute approximate surface area is 251 Å². The minimum Gasteiger partial charge on any atom is -0.481 e. The predicted molar refractivity (Wildman–Crippen MR) is 162 cm³/mol. The Kier molecular flexibility index (Phi) is 7.62. The number of allylic oxidation sites excluding steroid dienone is 4. The van der Waals surface area contributed by atoms with Crippen LogP contribution in [0.2, 0.25) is 10.0 Å². The molecule has 5 rings (SSSR count). The Balaban J connectivity index is 1.50. The molecule has 2 aliphatic carbocycles. The molecule has 0 aromatic heterocycles. The van der Waals surface area contributed by atoms with Gasteiger partial charge in [0.1, 0.15) is 0 Å². The fraction of sp³-hybridized carbons (Fsp3) is 0.424. The quantitative estimate of drug-likeness (QED) is 0.385. The Morgan fingerprint density at radius 3 is 1.98 bits per heavy atom. The summed E-state index contributed by atoms with van der Waals surface area (Å²) in [4.78, 5) is 42.1. The molecular formula is C33H36Cl2N2O4. The van der Waals surface area contributed by atoms with Gasteiger partial charge in [-0.2, -0.15) is 0 Å². The van der Waals surface area contributed by atoms with Gasteiger partial charge in [0.25, 0.3) is 5.91 Å². The van der Waals surface area contributed by atoms with Gasteiger partial charge in [0.15, 0.2) is 23.9 Å². The Morgan fingerprint density at radius 1 is 0.927 bits per heavy atom. The van der Waals surface area contributed by atoms with Gasteiger partial charge in [0.2, 0.25) is 0 Å². The van der Waals surface area contributed by atoms with Crippen molar-refractivity contribution in [3.63, 3.8) is 0 Å². The topological polar surface area (TPSA) is 75.7 Å². The molecule has 41 heavy (non-hydrogen) atoms. The zero-order valence-electron chi connectivity index (χ0n) is 24.4. The van der Waals surface area contributed by atoms with E-state index in [2.05, 4.69) is 37.9 Å². The first kappa shape index (κ1) is 29.4. The lowest BCUT2D eigenvalue weighted by molar-refractivity contribution is -0.120. The zero-order chi connectivity index (χ0) is 29.9. The fourth-order valence-electron chi connectivity index (χ4n) is 6.44. The fourth-order valence-corrected chi connectivity index (χ4v) is 7.05. The van der Waals surface area contributed by atoms with Crippen LogP contribution in [0.25, 0.3) is 0 Å². The highest BCUT2D eigenvalue weighted by Gasteiger charge is 2.48. The van der Waals surface area contributed by atoms with Crippen molar-refractivity contribution in [2.45, 2.75) is 66.2 Å². The van der Waals surface area contributed by atoms with E-state index in [1.54, 1.807) is 18.2 Å². The molecule has 2 aromatic carbocycles. The molecule has 6 nitrogen and oxygen atoms in total. The van der Waals surface area contributed by atoms with E-state index < -0.39 is 5.92 Å². The second kappa shape index (κ2) is 10.6. The van der Waals surface area contributed by atoms with E-state index in [1.807, 2.05) is 32.2 Å². The highest BCUT2D eigenvalue weighted by molar-refractivity contribution is 6.37. The Morgan fingerprint density at radius 2 is 1.46 bits per heavy atom. The number of amides is 1. The number of ether oxygens (including phenoxy) is 1. The van der Waals surface area contributed by atoms with Crippen molar-refractivity contribution >= 4 is 46.4 Å². The number of benzene rings is 2. The number of halogens is 2. The maximum atomic E-state index is 13.7. The number of carbonyl (C=O) groups is 3. The molecule has 3 aliphatic rings. The van der Waals surface area contributed by atoms with Crippen molar-refractivity contribution in [2.75, 3.05) is 19.0 Å². The molecule has 0 saturated carbocycles. The second-order valence-electron chi connectivity index (χ2n) is 13.1. The van der Waals surface area contributed by atoms with E-state index in [9.17, 15) is 14.4 Å². The van der Waals surface area contributed by atoms with E-state index in [-0.39, 0.29) is 50.7 Å². The smallest absolute Gasteiger partial charge is 0.262 e. The molecule has 1 aliphatic heterocycles. The third-order valence-corrected chi connectivity index (χ3v) is 8.74. The van der Waals surface area contributed by atoms with Crippen LogP contribution in [0.5, 0.6) is 5.75 Å². The molecule has 0 atom stereocenters. The number of hydrogen-bond donors (Lipinski definition) is 1. The number of Topliss-reactive ketones (excluding diaryl/α,β-unsaturated/α-hetero) is 2. The SMILES string of the molecule is Cc1cccc(NC(=O)COc2c(Cl)cc(C3C4=C(CC(C)(C)CC4=O)N(C)C4=C3C(=O)CC(C)(C)C4)cc2Cl)c1. The average molecular weight is 596 g/mol. The van der Waals surface area contributed by atoms with Crippen molar-refractivity contribution in [1.82, 2.24) is 4.90 Å². The first-order valence-electron chi connectivity index (χ1n) is 13.9. The van der Waals surface area contributed by atoms with E-state index in [4.69, 9.17) is 27.9 Å². The van der Waals surface area contributed by atoms with Gasteiger partial charge in [-0.1, -0.05) is 63.0 Å². The van der Waals surface area contributed by atoms with Gasteiger partial charge < -0.3 is 15.0 Å². The molecule has 1 N–H and O–H groups in total. The molecule has 2 aromatic rings. The summed E-state index contributed by atoms with van der Waals surface area (Å²) in [6.07, 6.45) is 2.25. The molecule has 8 heteroatoms. The molecule has 0 radical (unpaired) electrons. The summed E-state index contributed by atoms with van der Waals surface area (Å²) in [6, 6.07) is 10.9. The summed E-state index contributed by atoms with van der Waals surface area (Å²) in [6.45, 7) is 10.1. The standard InChI is InChI=1S/C33H36Cl2N2O4/c1-18-8-7-9-20(10-18)36-27(40)17-41-31-21(34)11-19(12-22(31)35)28-29-23(13-32(2,3)15-25(29)38)37(6)24-14-33(4,5)16-26(39)30(24)28/h7-12,28H,13-17H2,1-6H3,(H,36,40). The summed E-state index contributed by atoms with van der Waals surface area (Å²) in [7, 11) is 1.98. The van der Waals surface area contributed by atoms with Crippen LogP contribution in [0.1, 0.15) is 70.4 Å². The van der Waals surface area contributed by atoms with Crippen molar-refractivity contribution in [3.05, 3.63) is 80.1 Å². The second-order valence-corrected chi connectivity index (χ2v) is 13.9. The summed E-state index contributed by atoms with van der Waals surface area (Å²) < 4.78 is 5.76. The van der Waals surface area contributed by atoms with Gasteiger partial charge in [-0.15, -0.1) is 0 Å². The average Bonchev–Trinajstić information content (AvgIpc) is 2.83. The molecule has 0 saturated heterocycles. The third kappa shape index (κ3) is 5.82. The normalized spacial score (nSPS) is 20.1. The summed E-state index contributed by atoms with van der Waals surface area (Å²) >= 11 is 13.4. The number of ketones is 2. The van der Waals surface area contributed by atoms with Gasteiger partial charge in [0.05, 0.1) is 10.0 Å². The van der Waals surface area contributed by atoms with Crippen molar-refractivity contribution in [1.29, 1.82) is 0 Å². The summed E-state index contributed by atoms with van der Waals surface area (Å²) in [5.41, 5.74) is 5.21. The van der Waals surface area contributed by atoms with Gasteiger partial charge in [-0.3, -0.25) is 14.4 Å². The van der Waals surface area contributed by atoms with Crippen LogP contribution in [0, 0.1) is 17.8 Å². The van der Waals surface area contributed by atoms with Crippen LogP contribution in [0.4, 0.5) is 5.69 Å². The first-order valence-corrected chi connectivity index (χ1v) is 14.7. The van der Waals surface area contributed by atoms with Gasteiger partial charge in [0, 0.05) is 54.0 Å². The molecule has 216 valence electrons. The van der Waals surface area contributed by atoms with Crippen molar-refractivity contribution in [3.8, 4) is 5.75 Å². The number of carbonyl (C=O) groups excluding carboxylic acids is 3. The highest BCUT2D eigenvalue weighted by atomic mass is 35.5. The van der Waals surface area contributed by atoms with Crippen LogP contribution in [-0.4, -0.2) is 36.0 Å². The van der Waals surface area contributed by atoms with E-state index in [0.29, 0.717) is 35.2 Å². The number of aryl methyl sites for hydroxylation is 1. The summed E-state index contributed by atoms with van der Waals surface area (Å²) in [5, 5.41) is 3.23. The van der Waals surface area contributed by atoms with Crippen LogP contribution in [0.15, 0.2) is 58.9 Å². The Hall–Kier alpha value is -3.09. The summed E-state index contributed by atoms with van der Waals surface area (Å²) in [5.74, 6) is -0.648. The van der Waals surface area contributed by atoms with Gasteiger partial charge in [-0.05, 0) is 66.0 Å². The minimum absolute atomic E-state index is 0.0395. The maximum Gasteiger partial charge on any atom is 0.262 e. The molecule has 0 bridgehead atoms. The van der Waals surface area contributed by atoms with E-state index in [0.717, 1.165) is 29.8 Å². The number of nitrogens with zero attached hydrogens (tertiary/aromatic N) is 1. The number of anilines is 1. The van der Waals surface area contributed by atoms with Gasteiger partial charge in [-0.25, -0.2) is 0 Å². The lowest BCUT2D eigenvalue weighted by atomic mass is 9.64. The Bertz CT molecular complexity index is 1460. The van der Waals surface area contributed by atoms with Crippen LogP contribution in [-0.2, 0) is 14.4 Å². The highest BCUT2D eigenvalue weighted by Crippen LogP contribution is 2.54. The third-order valence-electron chi connectivity index (χ3n) is 8.18. The molecule has 0 spiro atoms. The van der Waals surface area contributed by atoms with Gasteiger partial charge >= 0.3 is 0 Å². The predicted octanol–water partition coefficient (Wildman–Crippen LogP) is 7.63. The largest absolute Gasteiger partial charge is 0.481 e. The number of hydrogen-bond acceptors (Lipinski definition) is 5. The number of nitrogens with one attached hydrogen (secondary N) is 1. The van der Waals surface area contributed by atoms with E-state index >= 15 is 0 Å². The van der Waals surface area contributed by atoms with E-state index in [1.165, 1.54) is 0 Å². The monoisotopic (exact) mass is 594 g/mol. The van der Waals surface area contributed by atoms with Crippen LogP contribution in [0.3, 0.4) is 0 Å². The first-order chi connectivity index (χ1) is 19.2. The maximum absolute atomic E-state index is 13.7. The van der Waals surface area contributed by atoms with Crippen LogP contribution < -0.4 is 10.1 Å². The van der Waals surface area contributed by atoms with Crippen molar-refractivity contribution < 1.29 is 19.1 Å². The number of rotatable bonds is 5. The molecular weight excluding hydrogens is 559 g/mol. The lowest BCUT2D eigenvalue weighted by Gasteiger charge is -2.48. The van der Waals surface area contributed by atoms with Crippen molar-refractivity contribution in [2.24, 2.45) is 10.8 Å². The minimum atomic E-state index is -0.558. The zero-order valence-corrected chi connectivity index (χ0v) is 25.9. The molecule has 0 fully saturated rings. The van der Waals surface area contributed by atoms with Crippen LogP contribution >= 0.6 is 23.2 Å².